The molecule has 6 heterocycles. The molecule has 12 heteroatoms. The Balaban J connectivity index is 1.29. The number of hydrogen-bond acceptors (Lipinski definition) is 6. The third-order valence-electron chi connectivity index (χ3n) is 10.2. The molecule has 1 aromatic carbocycles. The number of fused-ring (bicyclic) bond motifs is 5. The van der Waals surface area contributed by atoms with Gasteiger partial charge in [0.15, 0.2) is 29.3 Å². The van der Waals surface area contributed by atoms with Crippen molar-refractivity contribution in [2.75, 3.05) is 13.2 Å². The fraction of sp³-hybridized carbons (Fsp3) is 0.571. The van der Waals surface area contributed by atoms with Gasteiger partial charge in [0.2, 0.25) is 0 Å². The second-order valence-corrected chi connectivity index (χ2v) is 15.3. The van der Waals surface area contributed by atoms with E-state index in [9.17, 15) is 0 Å². The zero-order valence-electron chi connectivity index (χ0n) is 28.6. The first-order chi connectivity index (χ1) is 22.1. The molecular formula is C35H44BF2IN2O6. The van der Waals surface area contributed by atoms with Gasteiger partial charge in [-0.15, -0.1) is 0 Å². The lowest BCUT2D eigenvalue weighted by Gasteiger charge is -2.37. The topological polar surface area (TPSA) is 63.3 Å². The Bertz CT molecular complexity index is 1730. The number of aromatic nitrogens is 1. The highest BCUT2D eigenvalue weighted by Gasteiger charge is 2.61. The number of nitrogens with zero attached hydrogens (tertiary/aromatic N) is 2. The largest absolute Gasteiger partial charge is 0.737 e. The zero-order chi connectivity index (χ0) is 33.8. The number of rotatable bonds is 7. The van der Waals surface area contributed by atoms with Crippen LogP contribution in [-0.4, -0.2) is 77.1 Å². The Kier molecular flexibility index (Phi) is 8.26. The van der Waals surface area contributed by atoms with E-state index in [1.807, 2.05) is 86.6 Å². The normalized spacial score (nSPS) is 30.2. The van der Waals surface area contributed by atoms with Crippen LogP contribution in [0.1, 0.15) is 83.0 Å². The summed E-state index contributed by atoms with van der Waals surface area (Å²) >= 11 is 2.28. The predicted molar refractivity (Wildman–Crippen MR) is 183 cm³/mol. The Labute approximate surface area is 289 Å². The molecular weight excluding hydrogens is 720 g/mol. The molecule has 0 saturated carbocycles. The van der Waals surface area contributed by atoms with E-state index in [2.05, 4.69) is 22.6 Å². The molecule has 2 aromatic rings. The maximum Gasteiger partial charge on any atom is 0.737 e. The summed E-state index contributed by atoms with van der Waals surface area (Å²) in [6.45, 7) is 13.1. The van der Waals surface area contributed by atoms with Gasteiger partial charge in [0.05, 0.1) is 12.2 Å². The fourth-order valence-corrected chi connectivity index (χ4v) is 8.80. The third kappa shape index (κ3) is 5.23. The zero-order valence-corrected chi connectivity index (χ0v) is 30.7. The molecule has 3 fully saturated rings. The monoisotopic (exact) mass is 764 g/mol. The van der Waals surface area contributed by atoms with Crippen LogP contribution in [0.4, 0.5) is 8.63 Å². The lowest BCUT2D eigenvalue weighted by molar-refractivity contribution is -0.365. The summed E-state index contributed by atoms with van der Waals surface area (Å²) in [7, 11) is 0. The van der Waals surface area contributed by atoms with Gasteiger partial charge in [0.25, 0.3) is 0 Å². The summed E-state index contributed by atoms with van der Waals surface area (Å²) in [5.41, 5.74) is 7.61. The standard InChI is InChI=1S/C35H44BF2IN2O6/c1-10-23-18(3)28-27(21-12-14-22(39)15-13-21)29-19(4)24(11-2)25(41(29)36(37,38)40(28)20(23)5)16-42-17-26-30-31(45-34(6,7)44-30)32-33(43-26)47-35(8,9)46-32/h12-15,26,30-33H,10-11,16-17H2,1-9H3/t26-,30+,31+,32-,33-/m1/s1. The van der Waals surface area contributed by atoms with Crippen molar-refractivity contribution in [3.63, 3.8) is 0 Å². The van der Waals surface area contributed by atoms with Crippen molar-refractivity contribution in [1.29, 1.82) is 0 Å². The minimum Gasteiger partial charge on any atom is -0.393 e. The quantitative estimate of drug-likeness (QED) is 0.227. The molecule has 0 aliphatic carbocycles. The van der Waals surface area contributed by atoms with Crippen molar-refractivity contribution in [2.24, 2.45) is 0 Å². The van der Waals surface area contributed by atoms with Crippen LogP contribution >= 0.6 is 22.6 Å². The summed E-state index contributed by atoms with van der Waals surface area (Å²) in [6, 6.07) is 8.13. The molecule has 0 N–H and O–H groups in total. The van der Waals surface area contributed by atoms with Crippen LogP contribution in [0.15, 0.2) is 41.1 Å². The summed E-state index contributed by atoms with van der Waals surface area (Å²) in [5, 5.41) is 0. The first kappa shape index (κ1) is 33.6. The van der Waals surface area contributed by atoms with E-state index >= 15 is 8.63 Å². The number of hydrogen-bond donors (Lipinski definition) is 0. The van der Waals surface area contributed by atoms with Crippen molar-refractivity contribution in [3.05, 3.63) is 72.8 Å². The molecule has 0 spiro atoms. The molecule has 254 valence electrons. The minimum absolute atomic E-state index is 0.0188. The predicted octanol–water partition coefficient (Wildman–Crippen LogP) is 6.87. The van der Waals surface area contributed by atoms with Crippen molar-refractivity contribution in [3.8, 4) is 0 Å². The highest BCUT2D eigenvalue weighted by atomic mass is 127. The first-order valence-electron chi connectivity index (χ1n) is 16.6. The van der Waals surface area contributed by atoms with E-state index in [0.29, 0.717) is 35.6 Å². The maximum atomic E-state index is 17.2. The van der Waals surface area contributed by atoms with Crippen molar-refractivity contribution < 1.29 is 41.5 Å². The van der Waals surface area contributed by atoms with Gasteiger partial charge in [-0.05, 0) is 118 Å². The van der Waals surface area contributed by atoms with Crippen molar-refractivity contribution >= 4 is 40.8 Å². The number of allylic oxidation sites excluding steroid dienone is 1. The molecule has 5 aliphatic rings. The molecule has 5 aliphatic heterocycles. The smallest absolute Gasteiger partial charge is 0.393 e. The van der Waals surface area contributed by atoms with Gasteiger partial charge in [-0.2, -0.15) is 0 Å². The lowest BCUT2D eigenvalue weighted by Crippen LogP contribution is -2.56. The molecule has 0 bridgehead atoms. The Morgan fingerprint density at radius 2 is 1.55 bits per heavy atom. The summed E-state index contributed by atoms with van der Waals surface area (Å²) in [4.78, 5) is 0. The molecule has 8 nitrogen and oxygen atoms in total. The van der Waals surface area contributed by atoms with Gasteiger partial charge in [-0.25, -0.2) is 0 Å². The minimum atomic E-state index is -4.23. The van der Waals surface area contributed by atoms with Gasteiger partial charge in [0, 0.05) is 20.4 Å². The van der Waals surface area contributed by atoms with Crippen molar-refractivity contribution in [2.45, 2.75) is 117 Å². The van der Waals surface area contributed by atoms with Crippen LogP contribution in [0.2, 0.25) is 0 Å². The second-order valence-electron chi connectivity index (χ2n) is 14.1. The Hall–Kier alpha value is -1.94. The number of ether oxygens (including phenoxy) is 6. The number of benzene rings is 1. The Morgan fingerprint density at radius 1 is 0.915 bits per heavy atom. The van der Waals surface area contributed by atoms with E-state index in [1.54, 1.807) is 0 Å². The molecule has 0 amide bonds. The van der Waals surface area contributed by atoms with E-state index in [4.69, 9.17) is 28.4 Å². The van der Waals surface area contributed by atoms with Gasteiger partial charge < -0.3 is 46.0 Å². The molecule has 1 aromatic heterocycles. The second kappa shape index (κ2) is 11.6. The van der Waals surface area contributed by atoms with Gasteiger partial charge in [-0.1, -0.05) is 26.0 Å². The molecule has 7 rings (SSSR count). The van der Waals surface area contributed by atoms with Gasteiger partial charge >= 0.3 is 6.97 Å². The highest BCUT2D eigenvalue weighted by Crippen LogP contribution is 2.48. The lowest BCUT2D eigenvalue weighted by atomic mass is 9.83. The van der Waals surface area contributed by atoms with E-state index < -0.39 is 49.3 Å². The highest BCUT2D eigenvalue weighted by molar-refractivity contribution is 14.1. The third-order valence-corrected chi connectivity index (χ3v) is 11.0. The van der Waals surface area contributed by atoms with Crippen LogP contribution in [0.25, 0.3) is 5.57 Å². The van der Waals surface area contributed by atoms with Crippen LogP contribution in [0, 0.1) is 17.4 Å². The molecule has 3 saturated heterocycles. The average molecular weight is 764 g/mol. The van der Waals surface area contributed by atoms with E-state index in [-0.39, 0.29) is 13.2 Å². The SMILES string of the molecule is CCC1=C(C)C2=C(c3ccc(I)cc3)c3c(C)c(CC)c(C)n3[B-](F)(F)[N+]2=C1COC[C@H]1O[C@@H]2OC(C)(C)O[C@@H]2[C@H]2OC(C)(C)O[C@H]21. The Morgan fingerprint density at radius 3 is 2.21 bits per heavy atom. The molecule has 0 unspecified atom stereocenters. The summed E-state index contributed by atoms with van der Waals surface area (Å²) in [5.74, 6) is -1.68. The fourth-order valence-electron chi connectivity index (χ4n) is 8.44. The molecule has 47 heavy (non-hydrogen) atoms. The van der Waals surface area contributed by atoms with E-state index in [1.165, 1.54) is 8.96 Å². The first-order valence-corrected chi connectivity index (χ1v) is 17.7. The van der Waals surface area contributed by atoms with Crippen LogP contribution in [-0.2, 0) is 34.8 Å². The summed E-state index contributed by atoms with van der Waals surface area (Å²) in [6.07, 6.45) is -1.28. The van der Waals surface area contributed by atoms with Gasteiger partial charge in [-0.3, -0.25) is 0 Å². The average Bonchev–Trinajstić information content (AvgIpc) is 3.66. The molecule has 5 atom stereocenters. The van der Waals surface area contributed by atoms with E-state index in [0.717, 1.165) is 37.0 Å². The van der Waals surface area contributed by atoms with Crippen LogP contribution in [0.3, 0.4) is 0 Å². The van der Waals surface area contributed by atoms with Crippen LogP contribution in [0.5, 0.6) is 0 Å². The van der Waals surface area contributed by atoms with Crippen molar-refractivity contribution in [1.82, 2.24) is 4.48 Å². The van der Waals surface area contributed by atoms with Gasteiger partial charge in [0.1, 0.15) is 31.0 Å². The molecule has 0 radical (unpaired) electrons. The number of halogens is 3. The summed E-state index contributed by atoms with van der Waals surface area (Å²) < 4.78 is 75.5. The van der Waals surface area contributed by atoms with Crippen LogP contribution < -0.4 is 0 Å². The maximum absolute atomic E-state index is 17.2.